The number of carbonyl (C=O) groups is 1. The average Bonchev–Trinajstić information content (AvgIpc) is 2.56. The molecule has 0 bridgehead atoms. The topological polar surface area (TPSA) is 78.9 Å². The van der Waals surface area contributed by atoms with Crippen LogP contribution in [0.2, 0.25) is 5.02 Å². The lowest BCUT2D eigenvalue weighted by molar-refractivity contribution is -0.121. The van der Waals surface area contributed by atoms with E-state index in [1.54, 1.807) is 14.1 Å². The first-order valence-electron chi connectivity index (χ1n) is 6.86. The van der Waals surface area contributed by atoms with Crippen LogP contribution >= 0.6 is 11.6 Å². The van der Waals surface area contributed by atoms with Crippen LogP contribution in [0.4, 0.5) is 11.8 Å². The molecule has 22 heavy (non-hydrogen) atoms. The highest BCUT2D eigenvalue weighted by Gasteiger charge is 2.19. The number of aromatic nitrogens is 2. The van der Waals surface area contributed by atoms with Crippen molar-refractivity contribution in [2.24, 2.45) is 0 Å². The van der Waals surface area contributed by atoms with E-state index in [4.69, 9.17) is 11.6 Å². The molecule has 0 saturated carbocycles. The van der Waals surface area contributed by atoms with Gasteiger partial charge in [0.2, 0.25) is 11.9 Å². The normalized spacial score (nSPS) is 11.6. The Balaban J connectivity index is 2.18. The lowest BCUT2D eigenvalue weighted by Crippen LogP contribution is -2.39. The van der Waals surface area contributed by atoms with E-state index in [0.717, 1.165) is 5.56 Å². The maximum Gasteiger partial charge on any atom is 0.242 e. The van der Waals surface area contributed by atoms with Gasteiger partial charge in [-0.05, 0) is 5.56 Å². The summed E-state index contributed by atoms with van der Waals surface area (Å²) in [6, 6.07) is 9.28. The summed E-state index contributed by atoms with van der Waals surface area (Å²) in [5.74, 6) is 0.723. The van der Waals surface area contributed by atoms with Crippen LogP contribution < -0.4 is 16.0 Å². The van der Waals surface area contributed by atoms with E-state index in [1.165, 1.54) is 6.20 Å². The van der Waals surface area contributed by atoms with Gasteiger partial charge in [0.15, 0.2) is 0 Å². The van der Waals surface area contributed by atoms with Gasteiger partial charge in [0.1, 0.15) is 16.9 Å². The molecular formula is C15H18ClN5O. The lowest BCUT2D eigenvalue weighted by atomic mass is 10.1. The molecule has 0 saturated heterocycles. The van der Waals surface area contributed by atoms with E-state index in [-0.39, 0.29) is 5.91 Å². The molecule has 6 nitrogen and oxygen atoms in total. The average molecular weight is 320 g/mol. The Bertz CT molecular complexity index is 635. The maximum absolute atomic E-state index is 12.1. The van der Waals surface area contributed by atoms with Gasteiger partial charge >= 0.3 is 0 Å². The van der Waals surface area contributed by atoms with Gasteiger partial charge in [-0.25, -0.2) is 4.98 Å². The number of rotatable bonds is 6. The molecule has 0 aliphatic heterocycles. The molecule has 0 fully saturated rings. The molecule has 1 unspecified atom stereocenters. The molecule has 1 atom stereocenters. The summed E-state index contributed by atoms with van der Waals surface area (Å²) in [6.45, 7) is 0. The quantitative estimate of drug-likeness (QED) is 0.758. The molecule has 0 radical (unpaired) electrons. The van der Waals surface area contributed by atoms with Crippen molar-refractivity contribution in [1.29, 1.82) is 0 Å². The van der Waals surface area contributed by atoms with Gasteiger partial charge in [-0.2, -0.15) is 4.98 Å². The first-order valence-corrected chi connectivity index (χ1v) is 7.24. The third-order valence-corrected chi connectivity index (χ3v) is 3.41. The number of anilines is 2. The third kappa shape index (κ3) is 4.08. The van der Waals surface area contributed by atoms with Gasteiger partial charge in [-0.15, -0.1) is 0 Å². The number of hydrogen-bond donors (Lipinski definition) is 3. The van der Waals surface area contributed by atoms with Crippen LogP contribution in [0, 0.1) is 0 Å². The number of benzene rings is 1. The molecule has 1 aromatic carbocycles. The highest BCUT2D eigenvalue weighted by molar-refractivity contribution is 6.32. The lowest BCUT2D eigenvalue weighted by Gasteiger charge is -2.17. The zero-order valence-electron chi connectivity index (χ0n) is 12.4. The first-order chi connectivity index (χ1) is 10.6. The van der Waals surface area contributed by atoms with Gasteiger partial charge in [0.05, 0.1) is 6.20 Å². The van der Waals surface area contributed by atoms with Gasteiger partial charge in [0.25, 0.3) is 0 Å². The molecule has 0 aliphatic rings. The third-order valence-electron chi connectivity index (χ3n) is 3.13. The van der Waals surface area contributed by atoms with Crippen molar-refractivity contribution in [2.75, 3.05) is 24.7 Å². The van der Waals surface area contributed by atoms with Crippen LogP contribution in [0.5, 0.6) is 0 Å². The van der Waals surface area contributed by atoms with Gasteiger partial charge in [0, 0.05) is 20.5 Å². The Hall–Kier alpha value is -2.34. The molecule has 0 aliphatic carbocycles. The molecule has 1 amide bonds. The van der Waals surface area contributed by atoms with Crippen LogP contribution in [-0.2, 0) is 11.2 Å². The smallest absolute Gasteiger partial charge is 0.242 e. The number of nitrogens with zero attached hydrogens (tertiary/aromatic N) is 2. The van der Waals surface area contributed by atoms with Crippen molar-refractivity contribution >= 4 is 29.3 Å². The molecule has 2 rings (SSSR count). The van der Waals surface area contributed by atoms with E-state index >= 15 is 0 Å². The van der Waals surface area contributed by atoms with Crippen LogP contribution in [0.1, 0.15) is 5.56 Å². The molecule has 1 aromatic heterocycles. The molecule has 116 valence electrons. The van der Waals surface area contributed by atoms with Crippen LogP contribution in [0.25, 0.3) is 0 Å². The SMILES string of the molecule is CNC(=O)C(Cc1ccccc1)Nc1ncc(Cl)c(NC)n1. The van der Waals surface area contributed by atoms with E-state index in [0.29, 0.717) is 23.2 Å². The van der Waals surface area contributed by atoms with E-state index in [2.05, 4.69) is 25.9 Å². The second-order valence-corrected chi connectivity index (χ2v) is 5.05. The molecule has 7 heteroatoms. The van der Waals surface area contributed by atoms with Crippen LogP contribution in [0.3, 0.4) is 0 Å². The van der Waals surface area contributed by atoms with Crippen molar-refractivity contribution < 1.29 is 4.79 Å². The fourth-order valence-electron chi connectivity index (χ4n) is 2.00. The monoisotopic (exact) mass is 319 g/mol. The predicted molar refractivity (Wildman–Crippen MR) is 88.2 cm³/mol. The maximum atomic E-state index is 12.1. The minimum Gasteiger partial charge on any atom is -0.372 e. The molecule has 1 heterocycles. The summed E-state index contributed by atoms with van der Waals surface area (Å²) in [4.78, 5) is 20.4. The number of halogens is 1. The van der Waals surface area contributed by atoms with Gasteiger partial charge in [-0.1, -0.05) is 41.9 Å². The van der Waals surface area contributed by atoms with Gasteiger partial charge in [-0.3, -0.25) is 4.79 Å². The Morgan fingerprint density at radius 1 is 1.27 bits per heavy atom. The standard InChI is InChI=1S/C15H18ClN5O/c1-17-13-11(16)9-19-15(21-13)20-12(14(22)18-2)8-10-6-4-3-5-7-10/h3-7,9,12H,8H2,1-2H3,(H,18,22)(H2,17,19,20,21). The Kier molecular flexibility index (Phi) is 5.55. The van der Waals surface area contributed by atoms with E-state index < -0.39 is 6.04 Å². The number of nitrogens with one attached hydrogen (secondary N) is 3. The highest BCUT2D eigenvalue weighted by atomic mass is 35.5. The van der Waals surface area contributed by atoms with Crippen molar-refractivity contribution in [3.8, 4) is 0 Å². The van der Waals surface area contributed by atoms with Crippen molar-refractivity contribution in [2.45, 2.75) is 12.5 Å². The second-order valence-electron chi connectivity index (χ2n) is 4.64. The molecule has 0 spiro atoms. The first kappa shape index (κ1) is 16.0. The molecule has 3 N–H and O–H groups in total. The fraction of sp³-hybridized carbons (Fsp3) is 0.267. The zero-order chi connectivity index (χ0) is 15.9. The Labute approximate surface area is 134 Å². The number of carbonyl (C=O) groups excluding carboxylic acids is 1. The number of likely N-dealkylation sites (N-methyl/N-ethyl adjacent to an activating group) is 1. The summed E-state index contributed by atoms with van der Waals surface area (Å²) in [5, 5.41) is 9.00. The van der Waals surface area contributed by atoms with Crippen molar-refractivity contribution in [3.05, 3.63) is 47.1 Å². The van der Waals surface area contributed by atoms with Gasteiger partial charge < -0.3 is 16.0 Å². The van der Waals surface area contributed by atoms with Crippen molar-refractivity contribution in [3.63, 3.8) is 0 Å². The molecular weight excluding hydrogens is 302 g/mol. The summed E-state index contributed by atoms with van der Waals surface area (Å²) in [7, 11) is 3.32. The summed E-state index contributed by atoms with van der Waals surface area (Å²) < 4.78 is 0. The minimum atomic E-state index is -0.474. The number of amides is 1. The predicted octanol–water partition coefficient (Wildman–Crippen LogP) is 1.94. The summed E-state index contributed by atoms with van der Waals surface area (Å²) in [5.41, 5.74) is 1.05. The minimum absolute atomic E-state index is 0.131. The van der Waals surface area contributed by atoms with Crippen molar-refractivity contribution in [1.82, 2.24) is 15.3 Å². The summed E-state index contributed by atoms with van der Waals surface area (Å²) in [6.07, 6.45) is 2.02. The zero-order valence-corrected chi connectivity index (χ0v) is 13.2. The van der Waals surface area contributed by atoms with Crippen LogP contribution in [-0.4, -0.2) is 36.0 Å². The van der Waals surface area contributed by atoms with Crippen LogP contribution in [0.15, 0.2) is 36.5 Å². The second kappa shape index (κ2) is 7.61. The molecule has 2 aromatic rings. The fourth-order valence-corrected chi connectivity index (χ4v) is 2.19. The Morgan fingerprint density at radius 2 is 2.00 bits per heavy atom. The highest BCUT2D eigenvalue weighted by Crippen LogP contribution is 2.19. The largest absolute Gasteiger partial charge is 0.372 e. The van der Waals surface area contributed by atoms with E-state index in [9.17, 15) is 4.79 Å². The summed E-state index contributed by atoms with van der Waals surface area (Å²) >= 11 is 5.96. The number of hydrogen-bond acceptors (Lipinski definition) is 5. The Morgan fingerprint density at radius 3 is 2.64 bits per heavy atom. The van der Waals surface area contributed by atoms with E-state index in [1.807, 2.05) is 30.3 Å².